The van der Waals surface area contributed by atoms with E-state index in [2.05, 4.69) is 11.9 Å². The Balaban J connectivity index is 2.15. The number of carbonyl (C=O) groups excluding carboxylic acids is 2. The standard InChI is InChI=1S/C20H27NO5/c1-5-26-18(22)12-16-17-10-13-6-7-14(24-3)11-15(13)20(16,19(23)25-4)8-9-21(17)2/h6-7,11,16-17H,5,8-10,12H2,1-4H3/t16-,17?,20?/m1/s1. The van der Waals surface area contributed by atoms with Crippen LogP contribution in [0.25, 0.3) is 0 Å². The first-order valence-corrected chi connectivity index (χ1v) is 9.09. The number of carbonyl (C=O) groups is 2. The quantitative estimate of drug-likeness (QED) is 0.747. The van der Waals surface area contributed by atoms with Crippen LogP contribution in [0.1, 0.15) is 30.9 Å². The van der Waals surface area contributed by atoms with Gasteiger partial charge in [0.05, 0.1) is 32.7 Å². The van der Waals surface area contributed by atoms with Crippen molar-refractivity contribution in [2.24, 2.45) is 5.92 Å². The Kier molecular flexibility index (Phi) is 5.23. The lowest BCUT2D eigenvalue weighted by Gasteiger charge is -2.54. The Morgan fingerprint density at radius 2 is 2.08 bits per heavy atom. The smallest absolute Gasteiger partial charge is 0.316 e. The summed E-state index contributed by atoms with van der Waals surface area (Å²) >= 11 is 0. The molecular formula is C20H27NO5. The Morgan fingerprint density at radius 3 is 2.73 bits per heavy atom. The van der Waals surface area contributed by atoms with E-state index in [4.69, 9.17) is 14.2 Å². The first-order chi connectivity index (χ1) is 12.5. The van der Waals surface area contributed by atoms with Crippen LogP contribution >= 0.6 is 0 Å². The summed E-state index contributed by atoms with van der Waals surface area (Å²) in [4.78, 5) is 27.7. The monoisotopic (exact) mass is 361 g/mol. The number of ether oxygens (including phenoxy) is 3. The second-order valence-corrected chi connectivity index (χ2v) is 7.10. The third-order valence-corrected chi connectivity index (χ3v) is 5.99. The van der Waals surface area contributed by atoms with Crippen LogP contribution in [0.5, 0.6) is 5.75 Å². The van der Waals surface area contributed by atoms with Crippen molar-refractivity contribution >= 4 is 11.9 Å². The number of methoxy groups -OCH3 is 2. The third kappa shape index (κ3) is 2.86. The zero-order chi connectivity index (χ0) is 18.9. The number of likely N-dealkylation sites (tertiary alicyclic amines) is 1. The van der Waals surface area contributed by atoms with E-state index in [1.54, 1.807) is 14.0 Å². The highest BCUT2D eigenvalue weighted by molar-refractivity contribution is 5.86. The fourth-order valence-corrected chi connectivity index (χ4v) is 4.73. The van der Waals surface area contributed by atoms with Crippen molar-refractivity contribution in [1.29, 1.82) is 0 Å². The van der Waals surface area contributed by atoms with Gasteiger partial charge in [-0.15, -0.1) is 0 Å². The molecule has 26 heavy (non-hydrogen) atoms. The summed E-state index contributed by atoms with van der Waals surface area (Å²) in [5, 5.41) is 0. The molecule has 6 heteroatoms. The molecule has 1 fully saturated rings. The predicted octanol–water partition coefficient (Wildman–Crippen LogP) is 1.94. The maximum atomic E-state index is 13.1. The van der Waals surface area contributed by atoms with Crippen LogP contribution in [0, 0.1) is 5.92 Å². The Hall–Kier alpha value is -2.08. The number of likely N-dealkylation sites (N-methyl/N-ethyl adjacent to an activating group) is 1. The van der Waals surface area contributed by atoms with E-state index in [0.29, 0.717) is 18.8 Å². The van der Waals surface area contributed by atoms with Crippen molar-refractivity contribution in [3.05, 3.63) is 29.3 Å². The maximum Gasteiger partial charge on any atom is 0.316 e. The number of piperidine rings is 1. The summed E-state index contributed by atoms with van der Waals surface area (Å²) in [6.45, 7) is 2.90. The van der Waals surface area contributed by atoms with Gasteiger partial charge in [-0.3, -0.25) is 9.59 Å². The second-order valence-electron chi connectivity index (χ2n) is 7.10. The van der Waals surface area contributed by atoms with Gasteiger partial charge in [0, 0.05) is 12.0 Å². The molecular weight excluding hydrogens is 334 g/mol. The largest absolute Gasteiger partial charge is 0.497 e. The second kappa shape index (κ2) is 7.27. The van der Waals surface area contributed by atoms with Gasteiger partial charge in [0.2, 0.25) is 0 Å². The number of nitrogens with zero attached hydrogens (tertiary/aromatic N) is 1. The normalized spacial score (nSPS) is 27.4. The summed E-state index contributed by atoms with van der Waals surface area (Å²) in [5.74, 6) is -0.0248. The molecule has 0 amide bonds. The van der Waals surface area contributed by atoms with Crippen LogP contribution in [-0.4, -0.2) is 57.3 Å². The average Bonchev–Trinajstić information content (AvgIpc) is 2.64. The number of benzene rings is 1. The van der Waals surface area contributed by atoms with Crippen LogP contribution in [0.4, 0.5) is 0 Å². The van der Waals surface area contributed by atoms with Gasteiger partial charge in [0.1, 0.15) is 5.75 Å². The van der Waals surface area contributed by atoms with E-state index >= 15 is 0 Å². The van der Waals surface area contributed by atoms with Crippen LogP contribution < -0.4 is 4.74 Å². The zero-order valence-corrected chi connectivity index (χ0v) is 15.9. The molecule has 142 valence electrons. The highest BCUT2D eigenvalue weighted by atomic mass is 16.5. The van der Waals surface area contributed by atoms with Gasteiger partial charge in [-0.1, -0.05) is 6.07 Å². The first kappa shape index (κ1) is 18.7. The Labute approximate surface area is 154 Å². The van der Waals surface area contributed by atoms with Gasteiger partial charge in [0.15, 0.2) is 0 Å². The summed E-state index contributed by atoms with van der Waals surface area (Å²) in [5.41, 5.74) is 1.20. The van der Waals surface area contributed by atoms with Crippen LogP contribution in [0.15, 0.2) is 18.2 Å². The van der Waals surface area contributed by atoms with Crippen LogP contribution in [0.2, 0.25) is 0 Å². The van der Waals surface area contributed by atoms with E-state index in [9.17, 15) is 9.59 Å². The van der Waals surface area contributed by atoms with Crippen molar-refractivity contribution in [2.75, 3.05) is 34.4 Å². The number of esters is 2. The lowest BCUT2D eigenvalue weighted by atomic mass is 9.56. The van der Waals surface area contributed by atoms with Gasteiger partial charge < -0.3 is 19.1 Å². The minimum atomic E-state index is -0.846. The third-order valence-electron chi connectivity index (χ3n) is 5.99. The van der Waals surface area contributed by atoms with Crippen molar-refractivity contribution in [3.8, 4) is 5.75 Å². The van der Waals surface area contributed by atoms with Gasteiger partial charge in [0.25, 0.3) is 0 Å². The van der Waals surface area contributed by atoms with E-state index < -0.39 is 5.41 Å². The number of rotatable bonds is 5. The van der Waals surface area contributed by atoms with Crippen molar-refractivity contribution in [3.63, 3.8) is 0 Å². The SMILES string of the molecule is CCOC(=O)C[C@@H]1C2Cc3ccc(OC)cc3C1(C(=O)OC)CCN2C. The van der Waals surface area contributed by atoms with Crippen molar-refractivity contribution in [1.82, 2.24) is 4.90 Å². The molecule has 6 nitrogen and oxygen atoms in total. The molecule has 0 aromatic heterocycles. The fourth-order valence-electron chi connectivity index (χ4n) is 4.73. The summed E-state index contributed by atoms with van der Waals surface area (Å²) in [6.07, 6.45) is 1.60. The van der Waals surface area contributed by atoms with Crippen molar-refractivity contribution < 1.29 is 23.8 Å². The molecule has 1 aliphatic carbocycles. The molecule has 1 saturated heterocycles. The van der Waals surface area contributed by atoms with Gasteiger partial charge in [-0.05, 0) is 56.6 Å². The molecule has 0 radical (unpaired) electrons. The molecule has 1 aromatic rings. The summed E-state index contributed by atoms with van der Waals surface area (Å²) < 4.78 is 15.9. The number of hydrogen-bond donors (Lipinski definition) is 0. The molecule has 2 aliphatic rings. The Morgan fingerprint density at radius 1 is 1.31 bits per heavy atom. The molecule has 3 atom stereocenters. The molecule has 2 unspecified atom stereocenters. The number of hydrogen-bond acceptors (Lipinski definition) is 6. The molecule has 0 spiro atoms. The minimum Gasteiger partial charge on any atom is -0.497 e. The van der Waals surface area contributed by atoms with Gasteiger partial charge in [-0.25, -0.2) is 0 Å². The lowest BCUT2D eigenvalue weighted by Crippen LogP contribution is -2.62. The van der Waals surface area contributed by atoms with E-state index in [1.807, 2.05) is 18.2 Å². The number of fused-ring (bicyclic) bond motifs is 4. The molecule has 0 saturated carbocycles. The average molecular weight is 361 g/mol. The molecule has 2 bridgehead atoms. The first-order valence-electron chi connectivity index (χ1n) is 9.09. The topological polar surface area (TPSA) is 65.1 Å². The van der Waals surface area contributed by atoms with Gasteiger partial charge in [-0.2, -0.15) is 0 Å². The zero-order valence-electron chi connectivity index (χ0n) is 15.9. The van der Waals surface area contributed by atoms with E-state index in [0.717, 1.165) is 24.1 Å². The molecule has 3 rings (SSSR count). The predicted molar refractivity (Wildman–Crippen MR) is 96.2 cm³/mol. The molecule has 1 heterocycles. The fraction of sp³-hybridized carbons (Fsp3) is 0.600. The maximum absolute atomic E-state index is 13.1. The molecule has 0 N–H and O–H groups in total. The van der Waals surface area contributed by atoms with Crippen molar-refractivity contribution in [2.45, 2.75) is 37.6 Å². The molecule has 1 aromatic carbocycles. The summed E-state index contributed by atoms with van der Waals surface area (Å²) in [7, 11) is 5.09. The summed E-state index contributed by atoms with van der Waals surface area (Å²) in [6, 6.07) is 5.98. The van der Waals surface area contributed by atoms with E-state index in [-0.39, 0.29) is 30.3 Å². The lowest BCUT2D eigenvalue weighted by molar-refractivity contribution is -0.159. The minimum absolute atomic E-state index is 0.0909. The van der Waals surface area contributed by atoms with Gasteiger partial charge >= 0.3 is 11.9 Å². The van der Waals surface area contributed by atoms with Crippen LogP contribution in [-0.2, 0) is 30.9 Å². The van der Waals surface area contributed by atoms with E-state index in [1.165, 1.54) is 7.11 Å². The highest BCUT2D eigenvalue weighted by Crippen LogP contribution is 2.51. The van der Waals surface area contributed by atoms with Crippen LogP contribution in [0.3, 0.4) is 0 Å². The highest BCUT2D eigenvalue weighted by Gasteiger charge is 2.58. The molecule has 1 aliphatic heterocycles. The Bertz CT molecular complexity index is 703.